The van der Waals surface area contributed by atoms with Gasteiger partial charge in [-0.1, -0.05) is 24.3 Å². The summed E-state index contributed by atoms with van der Waals surface area (Å²) in [5.41, 5.74) is 7.31. The maximum Gasteiger partial charge on any atom is 0.148 e. The molecule has 2 nitrogen and oxygen atoms in total. The van der Waals surface area contributed by atoms with E-state index in [1.54, 1.807) is 36.4 Å². The first kappa shape index (κ1) is 10.2. The molecule has 0 heterocycles. The van der Waals surface area contributed by atoms with E-state index in [9.17, 15) is 4.39 Å². The molecule has 0 aliphatic carbocycles. The van der Waals surface area contributed by atoms with Crippen LogP contribution in [0.15, 0.2) is 42.5 Å². The van der Waals surface area contributed by atoms with E-state index in [-0.39, 0.29) is 5.56 Å². The Labute approximate surface area is 92.8 Å². The zero-order valence-corrected chi connectivity index (χ0v) is 8.44. The highest BCUT2D eigenvalue weighted by molar-refractivity contribution is 5.69. The molecular weight excluding hydrogens is 203 g/mol. The summed E-state index contributed by atoms with van der Waals surface area (Å²) >= 11 is 0. The number of nitrogen functional groups attached to an aromatic ring is 1. The summed E-state index contributed by atoms with van der Waals surface area (Å²) in [5, 5.41) is 8.73. The van der Waals surface area contributed by atoms with E-state index in [2.05, 4.69) is 0 Å². The zero-order valence-electron chi connectivity index (χ0n) is 8.44. The molecule has 0 amide bonds. The van der Waals surface area contributed by atoms with E-state index >= 15 is 0 Å². The van der Waals surface area contributed by atoms with Crippen molar-refractivity contribution in [1.82, 2.24) is 0 Å². The third-order valence-electron chi connectivity index (χ3n) is 2.32. The minimum absolute atomic E-state index is 0.0416. The smallest absolute Gasteiger partial charge is 0.148 e. The van der Waals surface area contributed by atoms with E-state index in [1.165, 1.54) is 6.07 Å². The Balaban J connectivity index is 2.62. The van der Waals surface area contributed by atoms with Crippen LogP contribution >= 0.6 is 0 Å². The number of nitrogens with zero attached hydrogens (tertiary/aromatic N) is 1. The Morgan fingerprint density at radius 1 is 1.12 bits per heavy atom. The van der Waals surface area contributed by atoms with Crippen LogP contribution in [0.1, 0.15) is 5.56 Å². The van der Waals surface area contributed by atoms with Crippen LogP contribution in [-0.2, 0) is 0 Å². The first-order valence-electron chi connectivity index (χ1n) is 4.77. The highest BCUT2D eigenvalue weighted by Crippen LogP contribution is 2.25. The SMILES string of the molecule is N#Cc1cccc(-c2cccc(N)c2)c1F. The van der Waals surface area contributed by atoms with Crippen molar-refractivity contribution < 1.29 is 4.39 Å². The van der Waals surface area contributed by atoms with Gasteiger partial charge >= 0.3 is 0 Å². The molecule has 0 atom stereocenters. The molecule has 0 spiro atoms. The molecule has 0 aliphatic heterocycles. The quantitative estimate of drug-likeness (QED) is 0.739. The number of hydrogen-bond acceptors (Lipinski definition) is 2. The molecule has 0 fully saturated rings. The van der Waals surface area contributed by atoms with Gasteiger partial charge in [0.25, 0.3) is 0 Å². The van der Waals surface area contributed by atoms with Crippen LogP contribution in [0.4, 0.5) is 10.1 Å². The molecular formula is C13H9FN2. The molecule has 16 heavy (non-hydrogen) atoms. The van der Waals surface area contributed by atoms with Gasteiger partial charge in [-0.3, -0.25) is 0 Å². The largest absolute Gasteiger partial charge is 0.399 e. The van der Waals surface area contributed by atoms with Gasteiger partial charge in [0.05, 0.1) is 5.56 Å². The Hall–Kier alpha value is -2.34. The second-order valence-electron chi connectivity index (χ2n) is 3.40. The molecule has 2 N–H and O–H groups in total. The van der Waals surface area contributed by atoms with Crippen molar-refractivity contribution in [2.24, 2.45) is 0 Å². The van der Waals surface area contributed by atoms with Gasteiger partial charge in [0.15, 0.2) is 0 Å². The normalized spacial score (nSPS) is 9.75. The van der Waals surface area contributed by atoms with Gasteiger partial charge in [-0.25, -0.2) is 4.39 Å². The number of hydrogen-bond donors (Lipinski definition) is 1. The van der Waals surface area contributed by atoms with Crippen molar-refractivity contribution in [3.05, 3.63) is 53.8 Å². The molecule has 0 saturated heterocycles. The summed E-state index contributed by atoms with van der Waals surface area (Å²) < 4.78 is 13.8. The number of anilines is 1. The highest BCUT2D eigenvalue weighted by Gasteiger charge is 2.09. The maximum absolute atomic E-state index is 13.8. The zero-order chi connectivity index (χ0) is 11.5. The van der Waals surface area contributed by atoms with Crippen LogP contribution in [-0.4, -0.2) is 0 Å². The van der Waals surface area contributed by atoms with Gasteiger partial charge in [0.1, 0.15) is 11.9 Å². The Kier molecular flexibility index (Phi) is 2.57. The average molecular weight is 212 g/mol. The van der Waals surface area contributed by atoms with Crippen molar-refractivity contribution in [1.29, 1.82) is 5.26 Å². The second-order valence-corrected chi connectivity index (χ2v) is 3.40. The van der Waals surface area contributed by atoms with Crippen LogP contribution in [0.5, 0.6) is 0 Å². The Bertz CT molecular complexity index is 570. The fourth-order valence-corrected chi connectivity index (χ4v) is 1.55. The van der Waals surface area contributed by atoms with E-state index in [0.29, 0.717) is 16.8 Å². The summed E-state index contributed by atoms with van der Waals surface area (Å²) in [5.74, 6) is -0.504. The second kappa shape index (κ2) is 4.03. The minimum Gasteiger partial charge on any atom is -0.399 e. The fourth-order valence-electron chi connectivity index (χ4n) is 1.55. The van der Waals surface area contributed by atoms with Crippen molar-refractivity contribution in [3.63, 3.8) is 0 Å². The number of rotatable bonds is 1. The molecule has 0 aliphatic rings. The monoisotopic (exact) mass is 212 g/mol. The molecule has 0 bridgehead atoms. The molecule has 2 aromatic rings. The average Bonchev–Trinajstić information content (AvgIpc) is 2.29. The number of benzene rings is 2. The van der Waals surface area contributed by atoms with Crippen molar-refractivity contribution in [2.75, 3.05) is 5.73 Å². The van der Waals surface area contributed by atoms with Crippen LogP contribution in [0.2, 0.25) is 0 Å². The third-order valence-corrected chi connectivity index (χ3v) is 2.32. The topological polar surface area (TPSA) is 49.8 Å². The van der Waals surface area contributed by atoms with Crippen LogP contribution < -0.4 is 5.73 Å². The van der Waals surface area contributed by atoms with Crippen LogP contribution in [0.25, 0.3) is 11.1 Å². The lowest BCUT2D eigenvalue weighted by molar-refractivity contribution is 0.627. The van der Waals surface area contributed by atoms with E-state index in [0.717, 1.165) is 0 Å². The summed E-state index contributed by atoms with van der Waals surface area (Å²) in [6.45, 7) is 0. The minimum atomic E-state index is -0.504. The molecule has 3 heteroatoms. The van der Waals surface area contributed by atoms with Crippen molar-refractivity contribution in [3.8, 4) is 17.2 Å². The fraction of sp³-hybridized carbons (Fsp3) is 0. The highest BCUT2D eigenvalue weighted by atomic mass is 19.1. The van der Waals surface area contributed by atoms with Gasteiger partial charge in [0, 0.05) is 11.3 Å². The Morgan fingerprint density at radius 2 is 1.88 bits per heavy atom. The van der Waals surface area contributed by atoms with Gasteiger partial charge < -0.3 is 5.73 Å². The van der Waals surface area contributed by atoms with Crippen LogP contribution in [0.3, 0.4) is 0 Å². The van der Waals surface area contributed by atoms with Gasteiger partial charge in [-0.05, 0) is 23.8 Å². The molecule has 2 aromatic carbocycles. The lowest BCUT2D eigenvalue weighted by Gasteiger charge is -2.05. The molecule has 0 unspecified atom stereocenters. The van der Waals surface area contributed by atoms with E-state index in [1.807, 2.05) is 6.07 Å². The first-order valence-corrected chi connectivity index (χ1v) is 4.77. The van der Waals surface area contributed by atoms with Gasteiger partial charge in [-0.15, -0.1) is 0 Å². The molecule has 0 radical (unpaired) electrons. The van der Waals surface area contributed by atoms with Crippen molar-refractivity contribution in [2.45, 2.75) is 0 Å². The molecule has 0 aromatic heterocycles. The molecule has 78 valence electrons. The summed E-state index contributed by atoms with van der Waals surface area (Å²) in [6, 6.07) is 13.5. The third kappa shape index (κ3) is 1.73. The summed E-state index contributed by atoms with van der Waals surface area (Å²) in [7, 11) is 0. The Morgan fingerprint density at radius 3 is 2.56 bits per heavy atom. The van der Waals surface area contributed by atoms with Crippen LogP contribution in [0, 0.1) is 17.1 Å². The molecule has 2 rings (SSSR count). The van der Waals surface area contributed by atoms with E-state index < -0.39 is 5.82 Å². The number of nitriles is 1. The number of nitrogens with two attached hydrogens (primary N) is 1. The van der Waals surface area contributed by atoms with Gasteiger partial charge in [0.2, 0.25) is 0 Å². The predicted molar refractivity (Wildman–Crippen MR) is 61.0 cm³/mol. The van der Waals surface area contributed by atoms with E-state index in [4.69, 9.17) is 11.0 Å². The first-order chi connectivity index (χ1) is 7.72. The predicted octanol–water partition coefficient (Wildman–Crippen LogP) is 2.95. The lowest BCUT2D eigenvalue weighted by atomic mass is 10.0. The maximum atomic E-state index is 13.8. The molecule has 0 saturated carbocycles. The summed E-state index contributed by atoms with van der Waals surface area (Å²) in [4.78, 5) is 0. The number of halogens is 1. The standard InChI is InChI=1S/C13H9FN2/c14-13-10(8-15)4-2-6-12(13)9-3-1-5-11(16)7-9/h1-7H,16H2. The summed E-state index contributed by atoms with van der Waals surface area (Å²) in [6.07, 6.45) is 0. The van der Waals surface area contributed by atoms with Gasteiger partial charge in [-0.2, -0.15) is 5.26 Å². The van der Waals surface area contributed by atoms with Crippen molar-refractivity contribution >= 4 is 5.69 Å². The lowest BCUT2D eigenvalue weighted by Crippen LogP contribution is -1.90.